The van der Waals surface area contributed by atoms with Crippen LogP contribution in [-0.4, -0.2) is 18.2 Å². The number of rotatable bonds is 6. The lowest BCUT2D eigenvalue weighted by Crippen LogP contribution is -2.25. The van der Waals surface area contributed by atoms with Crippen LogP contribution in [0.5, 0.6) is 0 Å². The molecule has 21 heavy (non-hydrogen) atoms. The number of nitrogens with zero attached hydrogens (tertiary/aromatic N) is 2. The standard InChI is InChI=1S/C14H20N4O2S/c1-3-12-5-4-11(9-15)8-14(12)21(19,20)17-10-13-6-7-16-18(13)2/h4-8,17H,3,9-10,15H2,1-2H3. The molecular weight excluding hydrogens is 288 g/mol. The van der Waals surface area contributed by atoms with E-state index in [0.29, 0.717) is 17.9 Å². The average Bonchev–Trinajstić information content (AvgIpc) is 2.90. The summed E-state index contributed by atoms with van der Waals surface area (Å²) in [6.45, 7) is 2.45. The van der Waals surface area contributed by atoms with Crippen molar-refractivity contribution < 1.29 is 8.42 Å². The van der Waals surface area contributed by atoms with Crippen molar-refractivity contribution in [1.82, 2.24) is 14.5 Å². The summed E-state index contributed by atoms with van der Waals surface area (Å²) < 4.78 is 29.3. The van der Waals surface area contributed by atoms with Crippen LogP contribution in [0.4, 0.5) is 0 Å². The Morgan fingerprint density at radius 3 is 2.67 bits per heavy atom. The molecule has 0 spiro atoms. The molecule has 0 fully saturated rings. The Kier molecular flexibility index (Phi) is 4.76. The molecule has 1 aromatic carbocycles. The molecule has 1 heterocycles. The summed E-state index contributed by atoms with van der Waals surface area (Å²) in [6.07, 6.45) is 2.28. The van der Waals surface area contributed by atoms with Gasteiger partial charge in [0.1, 0.15) is 0 Å². The minimum Gasteiger partial charge on any atom is -0.326 e. The van der Waals surface area contributed by atoms with Gasteiger partial charge in [-0.1, -0.05) is 19.1 Å². The van der Waals surface area contributed by atoms with Crippen molar-refractivity contribution in [2.45, 2.75) is 31.3 Å². The minimum atomic E-state index is -3.58. The summed E-state index contributed by atoms with van der Waals surface area (Å²) in [5.74, 6) is 0. The van der Waals surface area contributed by atoms with Crippen molar-refractivity contribution >= 4 is 10.0 Å². The Bertz CT molecular complexity index is 722. The maximum atomic E-state index is 12.5. The Labute approximate surface area is 125 Å². The molecule has 0 amide bonds. The van der Waals surface area contributed by atoms with Crippen LogP contribution in [-0.2, 0) is 36.6 Å². The number of nitrogens with one attached hydrogen (secondary N) is 1. The first kappa shape index (κ1) is 15.7. The second-order valence-electron chi connectivity index (χ2n) is 4.77. The SMILES string of the molecule is CCc1ccc(CN)cc1S(=O)(=O)NCc1ccnn1C. The molecule has 0 atom stereocenters. The number of hydrogen-bond donors (Lipinski definition) is 2. The minimum absolute atomic E-state index is 0.203. The Morgan fingerprint density at radius 1 is 1.33 bits per heavy atom. The van der Waals surface area contributed by atoms with Gasteiger partial charge in [0.2, 0.25) is 10.0 Å². The monoisotopic (exact) mass is 308 g/mol. The van der Waals surface area contributed by atoms with Crippen molar-refractivity contribution in [2.75, 3.05) is 0 Å². The van der Waals surface area contributed by atoms with E-state index in [1.807, 2.05) is 19.1 Å². The summed E-state index contributed by atoms with van der Waals surface area (Å²) in [5.41, 5.74) is 7.98. The number of hydrogen-bond acceptors (Lipinski definition) is 4. The van der Waals surface area contributed by atoms with Crippen LogP contribution in [0, 0.1) is 0 Å². The van der Waals surface area contributed by atoms with Gasteiger partial charge in [-0.2, -0.15) is 5.10 Å². The molecule has 0 aliphatic rings. The number of nitrogens with two attached hydrogens (primary N) is 1. The summed E-state index contributed by atoms with van der Waals surface area (Å²) in [4.78, 5) is 0.301. The molecule has 1 aromatic heterocycles. The van der Waals surface area contributed by atoms with Gasteiger partial charge in [0.05, 0.1) is 17.1 Å². The summed E-state index contributed by atoms with van der Waals surface area (Å²) in [5, 5.41) is 4.02. The van der Waals surface area contributed by atoms with Gasteiger partial charge in [0.25, 0.3) is 0 Å². The molecule has 2 rings (SSSR count). The van der Waals surface area contributed by atoms with Gasteiger partial charge in [-0.3, -0.25) is 4.68 Å². The Hall–Kier alpha value is -1.70. The normalized spacial score (nSPS) is 11.8. The van der Waals surface area contributed by atoms with Crippen molar-refractivity contribution in [3.05, 3.63) is 47.3 Å². The molecule has 0 saturated heterocycles. The van der Waals surface area contributed by atoms with E-state index in [1.165, 1.54) is 0 Å². The molecule has 3 N–H and O–H groups in total. The fraction of sp³-hybridized carbons (Fsp3) is 0.357. The van der Waals surface area contributed by atoms with Crippen LogP contribution in [0.3, 0.4) is 0 Å². The second-order valence-corrected chi connectivity index (χ2v) is 6.51. The van der Waals surface area contributed by atoms with Crippen molar-refractivity contribution in [1.29, 1.82) is 0 Å². The smallest absolute Gasteiger partial charge is 0.241 e. The summed E-state index contributed by atoms with van der Waals surface area (Å²) in [6, 6.07) is 7.10. The highest BCUT2D eigenvalue weighted by Crippen LogP contribution is 2.18. The van der Waals surface area contributed by atoms with Crippen LogP contribution < -0.4 is 10.5 Å². The first-order valence-corrected chi connectivity index (χ1v) is 8.24. The number of sulfonamides is 1. The second kappa shape index (κ2) is 6.38. The Morgan fingerprint density at radius 2 is 2.10 bits per heavy atom. The van der Waals surface area contributed by atoms with Gasteiger partial charge in [-0.15, -0.1) is 0 Å². The molecule has 0 radical (unpaired) electrons. The maximum absolute atomic E-state index is 12.5. The molecule has 0 unspecified atom stereocenters. The van der Waals surface area contributed by atoms with Gasteiger partial charge in [0.15, 0.2) is 0 Å². The topological polar surface area (TPSA) is 90.0 Å². The highest BCUT2D eigenvalue weighted by Gasteiger charge is 2.18. The largest absolute Gasteiger partial charge is 0.326 e. The fourth-order valence-corrected chi connectivity index (χ4v) is 3.45. The lowest BCUT2D eigenvalue weighted by molar-refractivity contribution is 0.576. The molecular formula is C14H20N4O2S. The zero-order chi connectivity index (χ0) is 15.5. The van der Waals surface area contributed by atoms with Crippen LogP contribution >= 0.6 is 0 Å². The lowest BCUT2D eigenvalue weighted by atomic mass is 10.1. The van der Waals surface area contributed by atoms with E-state index in [4.69, 9.17) is 5.73 Å². The van der Waals surface area contributed by atoms with Gasteiger partial charge >= 0.3 is 0 Å². The van der Waals surface area contributed by atoms with Gasteiger partial charge in [-0.25, -0.2) is 13.1 Å². The fourth-order valence-electron chi connectivity index (χ4n) is 2.09. The highest BCUT2D eigenvalue weighted by atomic mass is 32.2. The zero-order valence-electron chi connectivity index (χ0n) is 12.2. The number of aryl methyl sites for hydroxylation is 2. The van der Waals surface area contributed by atoms with Gasteiger partial charge in [-0.05, 0) is 29.7 Å². The van der Waals surface area contributed by atoms with E-state index in [0.717, 1.165) is 16.8 Å². The predicted molar refractivity (Wildman–Crippen MR) is 80.9 cm³/mol. The summed E-state index contributed by atoms with van der Waals surface area (Å²) in [7, 11) is -1.80. The predicted octanol–water partition coefficient (Wildman–Crippen LogP) is 0.920. The van der Waals surface area contributed by atoms with Gasteiger partial charge in [0, 0.05) is 19.8 Å². The van der Waals surface area contributed by atoms with E-state index in [2.05, 4.69) is 9.82 Å². The van der Waals surface area contributed by atoms with Crippen molar-refractivity contribution in [2.24, 2.45) is 12.8 Å². The van der Waals surface area contributed by atoms with E-state index >= 15 is 0 Å². The lowest BCUT2D eigenvalue weighted by Gasteiger charge is -2.12. The first-order chi connectivity index (χ1) is 9.97. The quantitative estimate of drug-likeness (QED) is 0.830. The van der Waals surface area contributed by atoms with Crippen molar-refractivity contribution in [3.8, 4) is 0 Å². The van der Waals surface area contributed by atoms with Crippen LogP contribution in [0.15, 0.2) is 35.4 Å². The molecule has 2 aromatic rings. The average molecular weight is 308 g/mol. The molecule has 0 aliphatic carbocycles. The maximum Gasteiger partial charge on any atom is 0.241 e. The third-order valence-corrected chi connectivity index (χ3v) is 4.89. The molecule has 0 aliphatic heterocycles. The third kappa shape index (κ3) is 3.49. The van der Waals surface area contributed by atoms with Crippen LogP contribution in [0.25, 0.3) is 0 Å². The zero-order valence-corrected chi connectivity index (χ0v) is 13.0. The van der Waals surface area contributed by atoms with E-state index < -0.39 is 10.0 Å². The number of benzene rings is 1. The first-order valence-electron chi connectivity index (χ1n) is 6.76. The van der Waals surface area contributed by atoms with Crippen molar-refractivity contribution in [3.63, 3.8) is 0 Å². The van der Waals surface area contributed by atoms with Crippen LogP contribution in [0.2, 0.25) is 0 Å². The van der Waals surface area contributed by atoms with Gasteiger partial charge < -0.3 is 5.73 Å². The number of aromatic nitrogens is 2. The highest BCUT2D eigenvalue weighted by molar-refractivity contribution is 7.89. The molecule has 6 nitrogen and oxygen atoms in total. The summed E-state index contributed by atoms with van der Waals surface area (Å²) >= 11 is 0. The molecule has 114 valence electrons. The van der Waals surface area contributed by atoms with E-state index in [1.54, 1.807) is 30.1 Å². The third-order valence-electron chi connectivity index (χ3n) is 3.40. The molecule has 0 bridgehead atoms. The molecule has 7 heteroatoms. The van der Waals surface area contributed by atoms with E-state index in [-0.39, 0.29) is 6.54 Å². The van der Waals surface area contributed by atoms with Crippen LogP contribution in [0.1, 0.15) is 23.7 Å². The Balaban J connectivity index is 2.28. The molecule has 0 saturated carbocycles. The van der Waals surface area contributed by atoms with E-state index in [9.17, 15) is 8.42 Å².